The number of hydrogen-bond donors (Lipinski definition) is 1. The molecule has 0 aliphatic heterocycles. The number of aryl methyl sites for hydroxylation is 1. The molecule has 0 saturated heterocycles. The molecule has 4 heteroatoms. The first-order valence-electron chi connectivity index (χ1n) is 6.03. The van der Waals surface area contributed by atoms with Gasteiger partial charge in [-0.05, 0) is 30.7 Å². The van der Waals surface area contributed by atoms with Crippen molar-refractivity contribution >= 4 is 33.5 Å². The number of nitrogens with one attached hydrogen (secondary N) is 1. The Morgan fingerprint density at radius 1 is 1.11 bits per heavy atom. The van der Waals surface area contributed by atoms with Crippen molar-refractivity contribution < 1.29 is 0 Å². The summed E-state index contributed by atoms with van der Waals surface area (Å²) in [6, 6.07) is 16.2. The molecule has 0 spiro atoms. The highest BCUT2D eigenvalue weighted by Gasteiger charge is 2.00. The third-order valence-electron chi connectivity index (χ3n) is 2.82. The molecule has 0 saturated carbocycles. The minimum absolute atomic E-state index is 0.905. The van der Waals surface area contributed by atoms with Gasteiger partial charge in [0.2, 0.25) is 0 Å². The summed E-state index contributed by atoms with van der Waals surface area (Å²) in [5.74, 6) is 0. The van der Waals surface area contributed by atoms with Gasteiger partial charge in [-0.2, -0.15) is 5.10 Å². The molecule has 1 N–H and O–H groups in total. The number of rotatable bonds is 3. The van der Waals surface area contributed by atoms with Crippen LogP contribution in [0, 0.1) is 6.92 Å². The summed E-state index contributed by atoms with van der Waals surface area (Å²) in [7, 11) is 0. The first kappa shape index (κ1) is 11.9. The van der Waals surface area contributed by atoms with E-state index in [-0.39, 0.29) is 0 Å². The normalized spacial score (nSPS) is 11.2. The van der Waals surface area contributed by atoms with E-state index in [9.17, 15) is 0 Å². The van der Waals surface area contributed by atoms with Crippen LogP contribution in [-0.2, 0) is 0 Å². The van der Waals surface area contributed by atoms with Gasteiger partial charge in [-0.15, -0.1) is 11.3 Å². The van der Waals surface area contributed by atoms with Crippen LogP contribution in [0.4, 0.5) is 5.69 Å². The van der Waals surface area contributed by atoms with Crippen LogP contribution in [0.2, 0.25) is 0 Å². The number of nitrogens with zero attached hydrogens (tertiary/aromatic N) is 2. The summed E-state index contributed by atoms with van der Waals surface area (Å²) in [6.45, 7) is 2.05. The molecule has 3 nitrogen and oxygen atoms in total. The molecule has 94 valence electrons. The van der Waals surface area contributed by atoms with E-state index in [0.717, 1.165) is 16.2 Å². The highest BCUT2D eigenvalue weighted by atomic mass is 32.1. The fourth-order valence-corrected chi connectivity index (χ4v) is 2.64. The van der Waals surface area contributed by atoms with E-state index in [4.69, 9.17) is 0 Å². The Kier molecular flexibility index (Phi) is 3.25. The lowest BCUT2D eigenvalue weighted by molar-refractivity contribution is 1.30. The Labute approximate surface area is 115 Å². The Hall–Kier alpha value is -2.20. The van der Waals surface area contributed by atoms with Gasteiger partial charge in [-0.1, -0.05) is 30.3 Å². The van der Waals surface area contributed by atoms with Crippen LogP contribution in [0.3, 0.4) is 0 Å². The zero-order chi connectivity index (χ0) is 13.1. The maximum atomic E-state index is 4.50. The maximum absolute atomic E-state index is 4.50. The summed E-state index contributed by atoms with van der Waals surface area (Å²) in [6.07, 6.45) is 1.76. The SMILES string of the molecule is Cc1ccccc1NN=Cc1nc2ccccc2s1. The molecule has 0 radical (unpaired) electrons. The average molecular weight is 267 g/mol. The molecule has 3 aromatic rings. The van der Waals surface area contributed by atoms with Crippen molar-refractivity contribution in [2.45, 2.75) is 6.92 Å². The van der Waals surface area contributed by atoms with Gasteiger partial charge in [0.05, 0.1) is 22.1 Å². The Morgan fingerprint density at radius 2 is 1.89 bits per heavy atom. The monoisotopic (exact) mass is 267 g/mol. The van der Waals surface area contributed by atoms with Gasteiger partial charge >= 0.3 is 0 Å². The minimum Gasteiger partial charge on any atom is -0.278 e. The number of para-hydroxylation sites is 2. The van der Waals surface area contributed by atoms with E-state index in [1.807, 2.05) is 36.4 Å². The molecule has 0 fully saturated rings. The third-order valence-corrected chi connectivity index (χ3v) is 3.79. The Morgan fingerprint density at radius 3 is 2.74 bits per heavy atom. The van der Waals surface area contributed by atoms with Crippen LogP contribution in [0.25, 0.3) is 10.2 Å². The first-order valence-corrected chi connectivity index (χ1v) is 6.85. The van der Waals surface area contributed by atoms with Crippen molar-refractivity contribution in [1.29, 1.82) is 0 Å². The molecule has 19 heavy (non-hydrogen) atoms. The average Bonchev–Trinajstić information content (AvgIpc) is 2.83. The lowest BCUT2D eigenvalue weighted by Crippen LogP contribution is -1.92. The number of thiazole rings is 1. The molecule has 1 aromatic heterocycles. The van der Waals surface area contributed by atoms with Crippen LogP contribution in [0.1, 0.15) is 10.6 Å². The van der Waals surface area contributed by atoms with Crippen LogP contribution in [-0.4, -0.2) is 11.2 Å². The number of benzene rings is 2. The van der Waals surface area contributed by atoms with Gasteiger partial charge in [0.25, 0.3) is 0 Å². The number of anilines is 1. The Bertz CT molecular complexity index is 698. The Balaban J connectivity index is 1.78. The lowest BCUT2D eigenvalue weighted by atomic mass is 10.2. The highest BCUT2D eigenvalue weighted by molar-refractivity contribution is 7.20. The van der Waals surface area contributed by atoms with E-state index >= 15 is 0 Å². The van der Waals surface area contributed by atoms with Crippen LogP contribution >= 0.6 is 11.3 Å². The smallest absolute Gasteiger partial charge is 0.137 e. The molecule has 0 aliphatic rings. The predicted molar refractivity (Wildman–Crippen MR) is 82.0 cm³/mol. The van der Waals surface area contributed by atoms with Crippen molar-refractivity contribution in [1.82, 2.24) is 4.98 Å². The summed E-state index contributed by atoms with van der Waals surface area (Å²) in [5.41, 5.74) is 6.24. The van der Waals surface area contributed by atoms with Gasteiger partial charge in [-0.25, -0.2) is 4.98 Å². The van der Waals surface area contributed by atoms with Crippen molar-refractivity contribution in [2.75, 3.05) is 5.43 Å². The zero-order valence-corrected chi connectivity index (χ0v) is 11.3. The van der Waals surface area contributed by atoms with Gasteiger partial charge in [-0.3, -0.25) is 5.43 Å². The van der Waals surface area contributed by atoms with E-state index in [0.29, 0.717) is 0 Å². The van der Waals surface area contributed by atoms with Crippen molar-refractivity contribution in [3.05, 3.63) is 59.1 Å². The molecule has 3 rings (SSSR count). The molecule has 0 aliphatic carbocycles. The van der Waals surface area contributed by atoms with E-state index < -0.39 is 0 Å². The van der Waals surface area contributed by atoms with E-state index in [2.05, 4.69) is 34.6 Å². The quantitative estimate of drug-likeness (QED) is 0.574. The zero-order valence-electron chi connectivity index (χ0n) is 10.5. The first-order chi connectivity index (χ1) is 9.33. The second-order valence-electron chi connectivity index (χ2n) is 4.20. The number of hydrogen-bond acceptors (Lipinski definition) is 4. The molecule has 0 amide bonds. The maximum Gasteiger partial charge on any atom is 0.137 e. The van der Waals surface area contributed by atoms with Crippen molar-refractivity contribution in [3.63, 3.8) is 0 Å². The van der Waals surface area contributed by atoms with Crippen LogP contribution in [0.15, 0.2) is 53.6 Å². The van der Waals surface area contributed by atoms with Crippen molar-refractivity contribution in [3.8, 4) is 0 Å². The molecule has 1 heterocycles. The van der Waals surface area contributed by atoms with E-state index in [1.165, 1.54) is 10.3 Å². The largest absolute Gasteiger partial charge is 0.278 e. The van der Waals surface area contributed by atoms with Gasteiger partial charge in [0, 0.05) is 0 Å². The van der Waals surface area contributed by atoms with E-state index in [1.54, 1.807) is 17.6 Å². The molecule has 0 unspecified atom stereocenters. The number of aromatic nitrogens is 1. The standard InChI is InChI=1S/C15H13N3S/c1-11-6-2-3-7-12(11)18-16-10-15-17-13-8-4-5-9-14(13)19-15/h2-10,18H,1H3. The van der Waals surface area contributed by atoms with Gasteiger partial charge < -0.3 is 0 Å². The fraction of sp³-hybridized carbons (Fsp3) is 0.0667. The third kappa shape index (κ3) is 2.63. The minimum atomic E-state index is 0.905. The second-order valence-corrected chi connectivity index (χ2v) is 5.27. The highest BCUT2D eigenvalue weighted by Crippen LogP contribution is 2.20. The molecule has 2 aromatic carbocycles. The van der Waals surface area contributed by atoms with Crippen LogP contribution < -0.4 is 5.43 Å². The summed E-state index contributed by atoms with van der Waals surface area (Å²) in [4.78, 5) is 4.50. The number of fused-ring (bicyclic) bond motifs is 1. The molecular formula is C15H13N3S. The summed E-state index contributed by atoms with van der Waals surface area (Å²) < 4.78 is 1.18. The molecule has 0 bridgehead atoms. The van der Waals surface area contributed by atoms with Gasteiger partial charge in [0.15, 0.2) is 0 Å². The van der Waals surface area contributed by atoms with Crippen molar-refractivity contribution in [2.24, 2.45) is 5.10 Å². The summed E-state index contributed by atoms with van der Waals surface area (Å²) in [5, 5.41) is 5.15. The summed E-state index contributed by atoms with van der Waals surface area (Å²) >= 11 is 1.64. The lowest BCUT2D eigenvalue weighted by Gasteiger charge is -2.02. The second kappa shape index (κ2) is 5.20. The molecular weight excluding hydrogens is 254 g/mol. The van der Waals surface area contributed by atoms with Gasteiger partial charge in [0.1, 0.15) is 5.01 Å². The van der Waals surface area contributed by atoms with Crippen LogP contribution in [0.5, 0.6) is 0 Å². The number of hydrazone groups is 1. The predicted octanol–water partition coefficient (Wildman–Crippen LogP) is 4.05. The topological polar surface area (TPSA) is 37.3 Å². The molecule has 0 atom stereocenters. The fourth-order valence-electron chi connectivity index (χ4n) is 1.80.